The van der Waals surface area contributed by atoms with Gasteiger partial charge in [0.15, 0.2) is 0 Å². The lowest BCUT2D eigenvalue weighted by Crippen LogP contribution is -2.06. The molecule has 0 bridgehead atoms. The van der Waals surface area contributed by atoms with E-state index in [1.165, 1.54) is 87.3 Å². The van der Waals surface area contributed by atoms with Gasteiger partial charge in [-0.25, -0.2) is 0 Å². The van der Waals surface area contributed by atoms with Crippen molar-refractivity contribution in [2.75, 3.05) is 0 Å². The van der Waals surface area contributed by atoms with Gasteiger partial charge in [0.1, 0.15) is 0 Å². The van der Waals surface area contributed by atoms with Gasteiger partial charge in [0, 0.05) is 5.92 Å². The summed E-state index contributed by atoms with van der Waals surface area (Å²) in [6, 6.07) is 4.73. The zero-order valence-corrected chi connectivity index (χ0v) is 14.4. The van der Waals surface area contributed by atoms with Crippen LogP contribution in [0.1, 0.15) is 92.9 Å². The minimum Gasteiger partial charge on any atom is -0.0561 e. The Hall–Kier alpha value is -0.780. The van der Waals surface area contributed by atoms with Crippen LogP contribution < -0.4 is 0 Å². The molecule has 0 aromatic heterocycles. The van der Waals surface area contributed by atoms with E-state index in [4.69, 9.17) is 0 Å². The number of rotatable bonds is 1. The summed E-state index contributed by atoms with van der Waals surface area (Å²) >= 11 is 0. The average molecular weight is 285 g/mol. The maximum atomic E-state index is 2.37. The Labute approximate surface area is 132 Å². The molecule has 1 aliphatic rings. The van der Waals surface area contributed by atoms with Crippen LogP contribution in [0, 0.1) is 26.7 Å². The molecular formula is C21H33. The van der Waals surface area contributed by atoms with Gasteiger partial charge < -0.3 is 0 Å². The van der Waals surface area contributed by atoms with E-state index in [1.54, 1.807) is 11.5 Å². The van der Waals surface area contributed by atoms with E-state index in [0.717, 1.165) is 0 Å². The number of hydrogen-bond donors (Lipinski definition) is 0. The second-order valence-electron chi connectivity index (χ2n) is 7.06. The second kappa shape index (κ2) is 8.61. The van der Waals surface area contributed by atoms with E-state index in [2.05, 4.69) is 32.9 Å². The fourth-order valence-electron chi connectivity index (χ4n) is 4.03. The van der Waals surface area contributed by atoms with Crippen LogP contribution in [0.25, 0.3) is 0 Å². The van der Waals surface area contributed by atoms with E-state index < -0.39 is 0 Å². The molecule has 0 spiro atoms. The second-order valence-corrected chi connectivity index (χ2v) is 7.06. The van der Waals surface area contributed by atoms with Crippen molar-refractivity contribution in [2.45, 2.75) is 91.4 Å². The van der Waals surface area contributed by atoms with Gasteiger partial charge >= 0.3 is 0 Å². The largest absolute Gasteiger partial charge is 0.0561 e. The molecule has 1 fully saturated rings. The maximum Gasteiger partial charge on any atom is 0.00552 e. The Kier molecular flexibility index (Phi) is 6.80. The van der Waals surface area contributed by atoms with E-state index in [9.17, 15) is 0 Å². The molecule has 0 saturated heterocycles. The van der Waals surface area contributed by atoms with Crippen molar-refractivity contribution in [3.63, 3.8) is 0 Å². The standard InChI is InChI=1S/C21H33/c1-17-15-18(2)21(19(3)16-17)20-13-11-9-7-5-4-6-8-10-12-14-20/h15-16H,4-14H2,1-3H3. The summed E-state index contributed by atoms with van der Waals surface area (Å²) in [5.41, 5.74) is 5.99. The highest BCUT2D eigenvalue weighted by Gasteiger charge is 2.17. The van der Waals surface area contributed by atoms with Crippen LogP contribution >= 0.6 is 0 Å². The average Bonchev–Trinajstić information content (AvgIpc) is 2.40. The highest BCUT2D eigenvalue weighted by molar-refractivity contribution is 5.46. The molecule has 1 aromatic rings. The predicted octanol–water partition coefficient (Wildman–Crippen LogP) is 6.84. The molecule has 1 aliphatic carbocycles. The summed E-state index contributed by atoms with van der Waals surface area (Å²) in [6.07, 6.45) is 15.5. The minimum absolute atomic E-state index is 1.32. The summed E-state index contributed by atoms with van der Waals surface area (Å²) in [7, 11) is 0. The van der Waals surface area contributed by atoms with Gasteiger partial charge in [-0.3, -0.25) is 0 Å². The SMILES string of the molecule is Cc1cc(C)c([C]2CCCCCCCCCCC2)c(C)c1. The van der Waals surface area contributed by atoms with Crippen LogP contribution in [0.3, 0.4) is 0 Å². The summed E-state index contributed by atoms with van der Waals surface area (Å²) < 4.78 is 0. The third-order valence-electron chi connectivity index (χ3n) is 4.99. The Morgan fingerprint density at radius 3 is 1.38 bits per heavy atom. The fraction of sp³-hybridized carbons (Fsp3) is 0.667. The Bertz CT molecular complexity index is 395. The van der Waals surface area contributed by atoms with E-state index in [0.29, 0.717) is 0 Å². The van der Waals surface area contributed by atoms with Gasteiger partial charge in [-0.15, -0.1) is 0 Å². The highest BCUT2D eigenvalue weighted by Crippen LogP contribution is 2.33. The summed E-state index contributed by atoms with van der Waals surface area (Å²) in [5.74, 6) is 1.74. The number of aryl methyl sites for hydroxylation is 3. The monoisotopic (exact) mass is 285 g/mol. The van der Waals surface area contributed by atoms with Crippen molar-refractivity contribution in [1.29, 1.82) is 0 Å². The van der Waals surface area contributed by atoms with Crippen molar-refractivity contribution in [2.24, 2.45) is 0 Å². The molecule has 0 N–H and O–H groups in total. The molecule has 21 heavy (non-hydrogen) atoms. The van der Waals surface area contributed by atoms with Gasteiger partial charge in [-0.05, 0) is 50.3 Å². The van der Waals surface area contributed by atoms with Crippen LogP contribution in [0.15, 0.2) is 12.1 Å². The topological polar surface area (TPSA) is 0 Å². The normalized spacial score (nSPS) is 19.8. The molecule has 0 aliphatic heterocycles. The Balaban J connectivity index is 2.09. The van der Waals surface area contributed by atoms with Crippen molar-refractivity contribution in [3.8, 4) is 0 Å². The van der Waals surface area contributed by atoms with E-state index in [1.807, 2.05) is 0 Å². The van der Waals surface area contributed by atoms with Crippen LogP contribution in [0.4, 0.5) is 0 Å². The van der Waals surface area contributed by atoms with Gasteiger partial charge in [0.05, 0.1) is 0 Å². The first-order valence-corrected chi connectivity index (χ1v) is 9.11. The molecule has 1 radical (unpaired) electrons. The third kappa shape index (κ3) is 5.16. The molecule has 0 amide bonds. The Morgan fingerprint density at radius 1 is 0.571 bits per heavy atom. The molecular weight excluding hydrogens is 252 g/mol. The summed E-state index contributed by atoms with van der Waals surface area (Å²) in [6.45, 7) is 6.83. The fourth-order valence-corrected chi connectivity index (χ4v) is 4.03. The first-order chi connectivity index (χ1) is 10.2. The maximum absolute atomic E-state index is 2.37. The van der Waals surface area contributed by atoms with E-state index >= 15 is 0 Å². The molecule has 0 heterocycles. The van der Waals surface area contributed by atoms with Gasteiger partial charge in [0.25, 0.3) is 0 Å². The smallest absolute Gasteiger partial charge is 0.00552 e. The van der Waals surface area contributed by atoms with E-state index in [-0.39, 0.29) is 0 Å². The Morgan fingerprint density at radius 2 is 0.952 bits per heavy atom. The molecule has 0 heteroatoms. The van der Waals surface area contributed by atoms with Crippen molar-refractivity contribution in [3.05, 3.63) is 40.3 Å². The van der Waals surface area contributed by atoms with Crippen molar-refractivity contribution >= 4 is 0 Å². The number of benzene rings is 1. The molecule has 1 aromatic carbocycles. The lowest BCUT2D eigenvalue weighted by Gasteiger charge is -2.22. The lowest BCUT2D eigenvalue weighted by atomic mass is 9.82. The molecule has 117 valence electrons. The zero-order valence-electron chi connectivity index (χ0n) is 14.4. The quantitative estimate of drug-likeness (QED) is 0.530. The molecule has 1 saturated carbocycles. The van der Waals surface area contributed by atoms with Crippen LogP contribution in [-0.2, 0) is 0 Å². The van der Waals surface area contributed by atoms with Gasteiger partial charge in [-0.2, -0.15) is 0 Å². The van der Waals surface area contributed by atoms with Crippen LogP contribution in [0.5, 0.6) is 0 Å². The molecule has 2 rings (SSSR count). The predicted molar refractivity (Wildman–Crippen MR) is 93.8 cm³/mol. The lowest BCUT2D eigenvalue weighted by molar-refractivity contribution is 0.524. The third-order valence-corrected chi connectivity index (χ3v) is 4.99. The van der Waals surface area contributed by atoms with Gasteiger partial charge in [-0.1, -0.05) is 75.5 Å². The van der Waals surface area contributed by atoms with Crippen molar-refractivity contribution < 1.29 is 0 Å². The van der Waals surface area contributed by atoms with Crippen LogP contribution in [-0.4, -0.2) is 0 Å². The first kappa shape index (κ1) is 16.6. The summed E-state index contributed by atoms with van der Waals surface area (Å²) in [4.78, 5) is 0. The van der Waals surface area contributed by atoms with Crippen molar-refractivity contribution in [1.82, 2.24) is 0 Å². The number of hydrogen-bond acceptors (Lipinski definition) is 0. The molecule has 0 atom stereocenters. The van der Waals surface area contributed by atoms with Crippen LogP contribution in [0.2, 0.25) is 0 Å². The minimum atomic E-state index is 1.32. The first-order valence-electron chi connectivity index (χ1n) is 9.11. The zero-order chi connectivity index (χ0) is 15.1. The highest BCUT2D eigenvalue weighted by atomic mass is 14.2. The van der Waals surface area contributed by atoms with Gasteiger partial charge in [0.2, 0.25) is 0 Å². The summed E-state index contributed by atoms with van der Waals surface area (Å²) in [5, 5.41) is 0. The molecule has 0 unspecified atom stereocenters. The molecule has 0 nitrogen and oxygen atoms in total.